The maximum absolute atomic E-state index is 11.9. The topological polar surface area (TPSA) is 91.4 Å². The number of hydrogen-bond donors (Lipinski definition) is 3. The Hall–Kier alpha value is -2.76. The van der Waals surface area contributed by atoms with Gasteiger partial charge in [0.25, 0.3) is 5.91 Å². The molecule has 0 saturated heterocycles. The smallest absolute Gasteiger partial charge is 0.272 e. The monoisotopic (exact) mass is 260 g/mol. The fourth-order valence-electron chi connectivity index (χ4n) is 1.56. The summed E-state index contributed by atoms with van der Waals surface area (Å²) in [5.74, 6) is -0.447. The lowest BCUT2D eigenvalue weighted by Crippen LogP contribution is -2.17. The molecule has 19 heavy (non-hydrogen) atoms. The van der Waals surface area contributed by atoms with Crippen LogP contribution in [0.4, 0.5) is 5.69 Å². The summed E-state index contributed by atoms with van der Waals surface area (Å²) in [7, 11) is 1.41. The first-order valence-electron chi connectivity index (χ1n) is 5.48. The number of phenolic OH excluding ortho intramolecular Hbond substituents is 1. The Kier molecular flexibility index (Phi) is 3.51. The standard InChI is InChI=1S/C13H12N2O4/c1-19-10-6-2-4-8(12(10)17)15-13(18)9-5-3-7-11(16)14-9/h2-7,17H,1H3,(H,14,16)(H,15,18). The number of phenols is 1. The van der Waals surface area contributed by atoms with E-state index in [4.69, 9.17) is 4.74 Å². The van der Waals surface area contributed by atoms with Crippen LogP contribution in [0.25, 0.3) is 0 Å². The Balaban J connectivity index is 2.27. The van der Waals surface area contributed by atoms with Gasteiger partial charge in [0.05, 0.1) is 12.8 Å². The summed E-state index contributed by atoms with van der Waals surface area (Å²) in [5.41, 5.74) is -0.0636. The summed E-state index contributed by atoms with van der Waals surface area (Å²) >= 11 is 0. The zero-order valence-corrected chi connectivity index (χ0v) is 10.1. The lowest BCUT2D eigenvalue weighted by molar-refractivity contribution is 0.102. The number of hydrogen-bond acceptors (Lipinski definition) is 4. The van der Waals surface area contributed by atoms with Crippen LogP contribution in [0, 0.1) is 0 Å². The molecule has 0 aliphatic rings. The molecule has 3 N–H and O–H groups in total. The molecule has 0 aliphatic heterocycles. The summed E-state index contributed by atoms with van der Waals surface area (Å²) in [6.45, 7) is 0. The number of benzene rings is 1. The van der Waals surface area contributed by atoms with Crippen molar-refractivity contribution in [1.29, 1.82) is 0 Å². The van der Waals surface area contributed by atoms with Crippen molar-refractivity contribution in [2.45, 2.75) is 0 Å². The number of para-hydroxylation sites is 1. The first-order valence-corrected chi connectivity index (χ1v) is 5.48. The highest BCUT2D eigenvalue weighted by Gasteiger charge is 2.12. The largest absolute Gasteiger partial charge is 0.503 e. The first-order chi connectivity index (χ1) is 9.11. The molecule has 2 rings (SSSR count). The van der Waals surface area contributed by atoms with Crippen LogP contribution in [0.15, 0.2) is 41.2 Å². The van der Waals surface area contributed by atoms with E-state index in [0.717, 1.165) is 0 Å². The quantitative estimate of drug-likeness (QED) is 0.726. The van der Waals surface area contributed by atoms with E-state index in [-0.39, 0.29) is 28.4 Å². The number of H-pyrrole nitrogens is 1. The van der Waals surface area contributed by atoms with Gasteiger partial charge in [0.1, 0.15) is 5.69 Å². The highest BCUT2D eigenvalue weighted by atomic mass is 16.5. The van der Waals surface area contributed by atoms with Crippen LogP contribution in [0.1, 0.15) is 10.5 Å². The highest BCUT2D eigenvalue weighted by molar-refractivity contribution is 6.03. The Morgan fingerprint density at radius 3 is 2.68 bits per heavy atom. The van der Waals surface area contributed by atoms with Gasteiger partial charge in [-0.1, -0.05) is 12.1 Å². The molecular formula is C13H12N2O4. The Bertz CT molecular complexity index is 664. The van der Waals surface area contributed by atoms with Crippen LogP contribution in [0.3, 0.4) is 0 Å². The van der Waals surface area contributed by atoms with Crippen molar-refractivity contribution < 1.29 is 14.6 Å². The molecule has 6 nitrogen and oxygen atoms in total. The van der Waals surface area contributed by atoms with E-state index in [1.165, 1.54) is 31.4 Å². The average molecular weight is 260 g/mol. The van der Waals surface area contributed by atoms with Gasteiger partial charge < -0.3 is 20.1 Å². The molecule has 0 saturated carbocycles. The van der Waals surface area contributed by atoms with Gasteiger partial charge in [-0.2, -0.15) is 0 Å². The minimum Gasteiger partial charge on any atom is -0.503 e. The molecule has 0 radical (unpaired) electrons. The summed E-state index contributed by atoms with van der Waals surface area (Å²) in [5, 5.41) is 12.3. The normalized spacial score (nSPS) is 9.95. The average Bonchev–Trinajstić information content (AvgIpc) is 2.41. The highest BCUT2D eigenvalue weighted by Crippen LogP contribution is 2.33. The van der Waals surface area contributed by atoms with Crippen molar-refractivity contribution in [3.8, 4) is 11.5 Å². The van der Waals surface area contributed by atoms with Gasteiger partial charge in [0.2, 0.25) is 5.56 Å². The summed E-state index contributed by atoms with van der Waals surface area (Å²) in [4.78, 5) is 25.4. The SMILES string of the molecule is COc1cccc(NC(=O)c2cccc(=O)[nH]2)c1O. The minimum absolute atomic E-state index is 0.106. The second-order valence-electron chi connectivity index (χ2n) is 3.74. The van der Waals surface area contributed by atoms with Crippen LogP contribution in [-0.4, -0.2) is 23.1 Å². The van der Waals surface area contributed by atoms with Crippen LogP contribution in [-0.2, 0) is 0 Å². The zero-order valence-electron chi connectivity index (χ0n) is 10.1. The number of aromatic amines is 1. The van der Waals surface area contributed by atoms with E-state index in [9.17, 15) is 14.7 Å². The fraction of sp³-hybridized carbons (Fsp3) is 0.0769. The van der Waals surface area contributed by atoms with Crippen molar-refractivity contribution in [2.75, 3.05) is 12.4 Å². The molecule has 0 spiro atoms. The summed E-state index contributed by atoms with van der Waals surface area (Å²) in [6, 6.07) is 8.96. The van der Waals surface area contributed by atoms with Gasteiger partial charge in [-0.15, -0.1) is 0 Å². The van der Waals surface area contributed by atoms with Gasteiger partial charge >= 0.3 is 0 Å². The Morgan fingerprint density at radius 2 is 2.00 bits per heavy atom. The van der Waals surface area contributed by atoms with E-state index in [0.29, 0.717) is 0 Å². The summed E-state index contributed by atoms with van der Waals surface area (Å²) in [6.07, 6.45) is 0. The molecule has 0 atom stereocenters. The third-order valence-corrected chi connectivity index (χ3v) is 2.48. The van der Waals surface area contributed by atoms with Gasteiger partial charge in [-0.3, -0.25) is 9.59 Å². The number of nitrogens with one attached hydrogen (secondary N) is 2. The van der Waals surface area contributed by atoms with Crippen LogP contribution in [0.5, 0.6) is 11.5 Å². The van der Waals surface area contributed by atoms with E-state index in [1.807, 2.05) is 0 Å². The molecule has 98 valence electrons. The number of amides is 1. The van der Waals surface area contributed by atoms with Gasteiger partial charge in [-0.05, 0) is 18.2 Å². The summed E-state index contributed by atoms with van der Waals surface area (Å²) < 4.78 is 4.93. The fourth-order valence-corrected chi connectivity index (χ4v) is 1.56. The first kappa shape index (κ1) is 12.7. The van der Waals surface area contributed by atoms with Gasteiger partial charge in [0.15, 0.2) is 11.5 Å². The number of methoxy groups -OCH3 is 1. The van der Waals surface area contributed by atoms with Crippen LogP contribution < -0.4 is 15.6 Å². The number of aromatic nitrogens is 1. The number of pyridine rings is 1. The predicted octanol–water partition coefficient (Wildman–Crippen LogP) is 1.34. The lowest BCUT2D eigenvalue weighted by Gasteiger charge is -2.09. The number of ether oxygens (including phenoxy) is 1. The molecule has 0 bridgehead atoms. The molecule has 0 fully saturated rings. The molecule has 6 heteroatoms. The Morgan fingerprint density at radius 1 is 1.26 bits per heavy atom. The minimum atomic E-state index is -0.527. The predicted molar refractivity (Wildman–Crippen MR) is 69.7 cm³/mol. The van der Waals surface area contributed by atoms with Crippen molar-refractivity contribution in [2.24, 2.45) is 0 Å². The molecule has 1 aromatic carbocycles. The van der Waals surface area contributed by atoms with E-state index >= 15 is 0 Å². The molecule has 1 heterocycles. The third kappa shape index (κ3) is 2.74. The maximum Gasteiger partial charge on any atom is 0.272 e. The number of carbonyl (C=O) groups is 1. The number of aromatic hydroxyl groups is 1. The van der Waals surface area contributed by atoms with Crippen molar-refractivity contribution in [1.82, 2.24) is 4.98 Å². The second kappa shape index (κ2) is 5.26. The van der Waals surface area contributed by atoms with E-state index in [1.54, 1.807) is 12.1 Å². The van der Waals surface area contributed by atoms with Gasteiger partial charge in [0, 0.05) is 6.07 Å². The van der Waals surface area contributed by atoms with E-state index in [2.05, 4.69) is 10.3 Å². The number of rotatable bonds is 3. The van der Waals surface area contributed by atoms with Crippen molar-refractivity contribution in [3.05, 3.63) is 52.4 Å². The third-order valence-electron chi connectivity index (χ3n) is 2.48. The molecule has 1 aromatic heterocycles. The molecular weight excluding hydrogens is 248 g/mol. The molecule has 0 aliphatic carbocycles. The lowest BCUT2D eigenvalue weighted by atomic mass is 10.2. The van der Waals surface area contributed by atoms with Crippen molar-refractivity contribution in [3.63, 3.8) is 0 Å². The van der Waals surface area contributed by atoms with Crippen molar-refractivity contribution >= 4 is 11.6 Å². The van der Waals surface area contributed by atoms with Crippen LogP contribution >= 0.6 is 0 Å². The maximum atomic E-state index is 11.9. The van der Waals surface area contributed by atoms with E-state index < -0.39 is 5.91 Å². The zero-order chi connectivity index (χ0) is 13.8. The molecule has 1 amide bonds. The van der Waals surface area contributed by atoms with Crippen LogP contribution in [0.2, 0.25) is 0 Å². The molecule has 0 unspecified atom stereocenters. The van der Waals surface area contributed by atoms with Gasteiger partial charge in [-0.25, -0.2) is 0 Å². The molecule has 2 aromatic rings. The number of anilines is 1. The second-order valence-corrected chi connectivity index (χ2v) is 3.74. The Labute approximate surface area is 108 Å². The number of carbonyl (C=O) groups excluding carboxylic acids is 1.